The summed E-state index contributed by atoms with van der Waals surface area (Å²) in [5, 5.41) is 0.630. The van der Waals surface area contributed by atoms with Crippen molar-refractivity contribution in [2.45, 2.75) is 39.0 Å². The minimum Gasteiger partial charge on any atom is -0.310 e. The Morgan fingerprint density at radius 3 is 2.68 bits per heavy atom. The fraction of sp³-hybridized carbons (Fsp3) is 0.538. The van der Waals surface area contributed by atoms with Gasteiger partial charge in [-0.2, -0.15) is 0 Å². The molecule has 1 saturated carbocycles. The number of thiophene rings is 1. The van der Waals surface area contributed by atoms with E-state index in [2.05, 4.69) is 9.97 Å². The monoisotopic (exact) mass is 284 g/mol. The van der Waals surface area contributed by atoms with Gasteiger partial charge in [0.2, 0.25) is 5.92 Å². The first kappa shape index (κ1) is 12.7. The van der Waals surface area contributed by atoms with Gasteiger partial charge in [0.05, 0.1) is 10.9 Å². The van der Waals surface area contributed by atoms with Crippen LogP contribution in [0.1, 0.15) is 28.4 Å². The second kappa shape index (κ2) is 4.10. The Balaban J connectivity index is 1.94. The van der Waals surface area contributed by atoms with Gasteiger partial charge in [0.1, 0.15) is 5.82 Å². The molecular formula is C13H14F2N2OS. The van der Waals surface area contributed by atoms with Gasteiger partial charge in [-0.05, 0) is 19.8 Å². The van der Waals surface area contributed by atoms with Crippen molar-refractivity contribution in [2.75, 3.05) is 0 Å². The lowest BCUT2D eigenvalue weighted by Crippen LogP contribution is -2.37. The summed E-state index contributed by atoms with van der Waals surface area (Å²) in [4.78, 5) is 21.1. The largest absolute Gasteiger partial charge is 0.310 e. The molecule has 1 aliphatic rings. The number of hydrogen-bond donors (Lipinski definition) is 1. The summed E-state index contributed by atoms with van der Waals surface area (Å²) in [5.74, 6) is -2.07. The van der Waals surface area contributed by atoms with Gasteiger partial charge in [-0.25, -0.2) is 13.8 Å². The molecule has 6 heteroatoms. The molecule has 0 bridgehead atoms. The van der Waals surface area contributed by atoms with Gasteiger partial charge in [0.15, 0.2) is 0 Å². The summed E-state index contributed by atoms with van der Waals surface area (Å²) >= 11 is 1.54. The van der Waals surface area contributed by atoms with Crippen molar-refractivity contribution in [3.63, 3.8) is 0 Å². The number of aromatic amines is 1. The van der Waals surface area contributed by atoms with Crippen LogP contribution >= 0.6 is 11.3 Å². The van der Waals surface area contributed by atoms with Crippen molar-refractivity contribution in [3.05, 3.63) is 25.9 Å². The number of fused-ring (bicyclic) bond motifs is 1. The predicted octanol–water partition coefficient (Wildman–Crippen LogP) is 3.19. The lowest BCUT2D eigenvalue weighted by atomic mass is 9.79. The number of halogens is 2. The topological polar surface area (TPSA) is 45.8 Å². The molecular weight excluding hydrogens is 270 g/mol. The van der Waals surface area contributed by atoms with Crippen LogP contribution in [0.15, 0.2) is 4.79 Å². The van der Waals surface area contributed by atoms with Crippen LogP contribution in [0.5, 0.6) is 0 Å². The zero-order valence-electron chi connectivity index (χ0n) is 10.7. The Kier molecular flexibility index (Phi) is 2.74. The molecule has 3 rings (SSSR count). The lowest BCUT2D eigenvalue weighted by Gasteiger charge is -2.34. The highest BCUT2D eigenvalue weighted by molar-refractivity contribution is 7.13. The van der Waals surface area contributed by atoms with Crippen molar-refractivity contribution in [3.8, 4) is 0 Å². The van der Waals surface area contributed by atoms with Crippen molar-refractivity contribution in [1.82, 2.24) is 9.97 Å². The van der Waals surface area contributed by atoms with Crippen molar-refractivity contribution in [1.29, 1.82) is 0 Å². The van der Waals surface area contributed by atoms with E-state index in [1.807, 2.05) is 13.8 Å². The zero-order chi connectivity index (χ0) is 13.8. The first-order valence-electron chi connectivity index (χ1n) is 6.22. The Morgan fingerprint density at radius 1 is 1.37 bits per heavy atom. The Hall–Kier alpha value is -1.30. The average Bonchev–Trinajstić information content (AvgIpc) is 2.52. The summed E-state index contributed by atoms with van der Waals surface area (Å²) in [6, 6.07) is 0. The van der Waals surface area contributed by atoms with Crippen molar-refractivity contribution in [2.24, 2.45) is 5.92 Å². The van der Waals surface area contributed by atoms with Crippen LogP contribution in [0.4, 0.5) is 8.78 Å². The van der Waals surface area contributed by atoms with E-state index in [9.17, 15) is 13.6 Å². The van der Waals surface area contributed by atoms with E-state index in [1.165, 1.54) is 0 Å². The number of nitrogens with one attached hydrogen (secondary N) is 1. The number of aryl methyl sites for hydroxylation is 2. The number of H-pyrrole nitrogens is 1. The molecule has 1 N–H and O–H groups in total. The molecule has 19 heavy (non-hydrogen) atoms. The van der Waals surface area contributed by atoms with E-state index in [4.69, 9.17) is 0 Å². The van der Waals surface area contributed by atoms with E-state index in [-0.39, 0.29) is 24.3 Å². The van der Waals surface area contributed by atoms with Crippen LogP contribution in [-0.2, 0) is 6.42 Å². The fourth-order valence-electron chi connectivity index (χ4n) is 2.73. The third-order valence-electron chi connectivity index (χ3n) is 3.62. The number of rotatable bonds is 2. The zero-order valence-corrected chi connectivity index (χ0v) is 11.5. The SMILES string of the molecule is Cc1sc(C)c2c(=O)[nH]c(CC3CC(F)(F)C3)nc12. The number of aromatic nitrogens is 2. The molecule has 2 aromatic rings. The fourth-order valence-corrected chi connectivity index (χ4v) is 3.72. The number of hydrogen-bond acceptors (Lipinski definition) is 3. The molecule has 0 amide bonds. The molecule has 0 aliphatic heterocycles. The molecule has 0 atom stereocenters. The summed E-state index contributed by atoms with van der Waals surface area (Å²) in [5.41, 5.74) is 0.556. The maximum absolute atomic E-state index is 12.8. The number of nitrogens with zero attached hydrogens (tertiary/aromatic N) is 1. The Bertz CT molecular complexity index is 696. The summed E-state index contributed by atoms with van der Waals surface area (Å²) in [6.45, 7) is 3.82. The first-order chi connectivity index (χ1) is 8.85. The Morgan fingerprint density at radius 2 is 2.05 bits per heavy atom. The Labute approximate surface area is 112 Å². The van der Waals surface area contributed by atoms with Crippen LogP contribution in [0.3, 0.4) is 0 Å². The predicted molar refractivity (Wildman–Crippen MR) is 71.1 cm³/mol. The standard InChI is InChI=1S/C13H14F2N2OS/c1-6-10-11(7(2)19-6)16-9(17-12(10)18)3-8-4-13(14,15)5-8/h8H,3-5H2,1-2H3,(H,16,17,18). The smallest absolute Gasteiger partial charge is 0.259 e. The van der Waals surface area contributed by atoms with Crippen LogP contribution in [0.2, 0.25) is 0 Å². The average molecular weight is 284 g/mol. The van der Waals surface area contributed by atoms with Gasteiger partial charge in [0.25, 0.3) is 5.56 Å². The molecule has 0 radical (unpaired) electrons. The van der Waals surface area contributed by atoms with E-state index >= 15 is 0 Å². The highest BCUT2D eigenvalue weighted by Crippen LogP contribution is 2.43. The lowest BCUT2D eigenvalue weighted by molar-refractivity contribution is -0.110. The second-order valence-electron chi connectivity index (χ2n) is 5.29. The molecule has 0 saturated heterocycles. The molecule has 1 aliphatic carbocycles. The normalized spacial score (nSPS) is 18.7. The highest BCUT2D eigenvalue weighted by Gasteiger charge is 2.45. The molecule has 1 fully saturated rings. The maximum Gasteiger partial charge on any atom is 0.259 e. The molecule has 2 heterocycles. The van der Waals surface area contributed by atoms with Crippen LogP contribution in [0.25, 0.3) is 10.9 Å². The third kappa shape index (κ3) is 2.18. The summed E-state index contributed by atoms with van der Waals surface area (Å²) in [6.07, 6.45) is 0.224. The highest BCUT2D eigenvalue weighted by atomic mass is 32.1. The quantitative estimate of drug-likeness (QED) is 0.920. The molecule has 0 unspecified atom stereocenters. The second-order valence-corrected chi connectivity index (χ2v) is 6.71. The summed E-state index contributed by atoms with van der Waals surface area (Å²) < 4.78 is 25.6. The van der Waals surface area contributed by atoms with Gasteiger partial charge in [-0.1, -0.05) is 0 Å². The van der Waals surface area contributed by atoms with Gasteiger partial charge in [-0.3, -0.25) is 4.79 Å². The molecule has 0 spiro atoms. The van der Waals surface area contributed by atoms with Crippen molar-refractivity contribution < 1.29 is 8.78 Å². The van der Waals surface area contributed by atoms with Gasteiger partial charge < -0.3 is 4.98 Å². The molecule has 2 aromatic heterocycles. The summed E-state index contributed by atoms with van der Waals surface area (Å²) in [7, 11) is 0. The minimum absolute atomic E-state index is 0.0735. The molecule has 0 aromatic carbocycles. The van der Waals surface area contributed by atoms with Crippen LogP contribution < -0.4 is 5.56 Å². The van der Waals surface area contributed by atoms with Crippen molar-refractivity contribution >= 4 is 22.2 Å². The number of alkyl halides is 2. The van der Waals surface area contributed by atoms with Crippen LogP contribution in [-0.4, -0.2) is 15.9 Å². The van der Waals surface area contributed by atoms with E-state index in [1.54, 1.807) is 11.3 Å². The minimum atomic E-state index is -2.52. The van der Waals surface area contributed by atoms with Crippen LogP contribution in [0, 0.1) is 19.8 Å². The van der Waals surface area contributed by atoms with Gasteiger partial charge >= 0.3 is 0 Å². The molecule has 102 valence electrons. The van der Waals surface area contributed by atoms with E-state index in [0.717, 1.165) is 9.75 Å². The third-order valence-corrected chi connectivity index (χ3v) is 4.63. The van der Waals surface area contributed by atoms with Gasteiger partial charge in [-0.15, -0.1) is 11.3 Å². The van der Waals surface area contributed by atoms with Gasteiger partial charge in [0, 0.05) is 29.0 Å². The maximum atomic E-state index is 12.8. The van der Waals surface area contributed by atoms with E-state index < -0.39 is 5.92 Å². The molecule has 3 nitrogen and oxygen atoms in total. The first-order valence-corrected chi connectivity index (χ1v) is 7.04. The van der Waals surface area contributed by atoms with E-state index in [0.29, 0.717) is 23.1 Å².